The molecule has 4 aliphatic heterocycles. The quantitative estimate of drug-likeness (QED) is 0.0363. The number of carbonyl (C=O) groups is 1. The molecule has 0 radical (unpaired) electrons. The van der Waals surface area contributed by atoms with Crippen molar-refractivity contribution in [2.24, 2.45) is 22.9 Å². The summed E-state index contributed by atoms with van der Waals surface area (Å²) in [4.78, 5) is 25.5. The lowest BCUT2D eigenvalue weighted by molar-refractivity contribution is -0.256. The van der Waals surface area contributed by atoms with Crippen LogP contribution in [0.25, 0.3) is 0 Å². The van der Waals surface area contributed by atoms with E-state index in [2.05, 4.69) is 23.6 Å². The van der Waals surface area contributed by atoms with E-state index in [-0.39, 0.29) is 70.5 Å². The standard InChI is InChI=1S/C54H69N3O12/c1-2-26-67-54-49(57(35-39-17-19-47-48(31-39)66-37-65-47)53(60)64-30-29-61-36-38-12-4-3-5-13-38)34-45(55-69-50-16-8-11-27-63-50)43-32-40(14-6-9-24-58)42(15-7-10-25-59)51(52(43)54)44-33-41(18-20-46(44)68-54)62-28-23-56-21-22-56/h2-5,12-13,17-20,31-33,40,42,49-52,58-59H,1,6-11,14-16,21-30,34-37H2/t40-,42+,49-,50?,51+,52+,54+/m0/s1. The number of hydrogen-bond donors (Lipinski definition) is 2. The van der Waals surface area contributed by atoms with Gasteiger partial charge in [0.25, 0.3) is 0 Å². The lowest BCUT2D eigenvalue weighted by Gasteiger charge is -2.60. The largest absolute Gasteiger partial charge is 0.492 e. The van der Waals surface area contributed by atoms with E-state index in [1.807, 2.05) is 60.7 Å². The highest BCUT2D eigenvalue weighted by molar-refractivity contribution is 6.03. The van der Waals surface area contributed by atoms with Gasteiger partial charge < -0.3 is 52.9 Å². The molecule has 3 fully saturated rings. The normalized spacial score (nSPS) is 26.0. The number of carbonyl (C=O) groups excluding carboxylic acids is 1. The smallest absolute Gasteiger partial charge is 0.410 e. The Balaban J connectivity index is 1.16. The van der Waals surface area contributed by atoms with Crippen molar-refractivity contribution in [2.45, 2.75) is 101 Å². The Labute approximate surface area is 405 Å². The highest BCUT2D eigenvalue weighted by Gasteiger charge is 2.66. The fraction of sp³-hybridized carbons (Fsp3) is 0.556. The number of hydrogen-bond acceptors (Lipinski definition) is 14. The maximum absolute atomic E-state index is 15.1. The lowest BCUT2D eigenvalue weighted by Crippen LogP contribution is -2.70. The minimum Gasteiger partial charge on any atom is -0.492 e. The Kier molecular flexibility index (Phi) is 16.7. The Hall–Kier alpha value is -5.16. The van der Waals surface area contributed by atoms with Gasteiger partial charge in [-0.3, -0.25) is 9.80 Å². The predicted octanol–water partition coefficient (Wildman–Crippen LogP) is 8.13. The highest BCUT2D eigenvalue weighted by atomic mass is 16.8. The number of rotatable bonds is 25. The number of fused-ring (bicyclic) bond motifs is 3. The number of allylic oxidation sites excluding steroid dienone is 1. The summed E-state index contributed by atoms with van der Waals surface area (Å²) in [6.45, 7) is 9.35. The SMILES string of the molecule is C=CCO[C@@]12Oc3ccc(OCCN4CC4)cc3[C@H]3[C@H](CCCCO)[C@@H](CCCCO)C=C(C(=NOC4CCCCO4)C[C@@H]1N(Cc1ccc4c(c1)OCO4)C(=O)OCCOCc1ccccc1)[C@H]32. The zero-order chi connectivity index (χ0) is 47.4. The zero-order valence-corrected chi connectivity index (χ0v) is 39.8. The number of aliphatic hydroxyl groups excluding tert-OH is 2. The van der Waals surface area contributed by atoms with Crippen LogP contribution >= 0.6 is 0 Å². The van der Waals surface area contributed by atoms with Crippen molar-refractivity contribution in [1.29, 1.82) is 0 Å². The monoisotopic (exact) mass is 951 g/mol. The molecule has 3 aromatic carbocycles. The van der Waals surface area contributed by atoms with Crippen LogP contribution in [0.15, 0.2) is 96.2 Å². The summed E-state index contributed by atoms with van der Waals surface area (Å²) in [5, 5.41) is 25.1. The number of unbranched alkanes of at least 4 members (excludes halogenated alkanes) is 2. The van der Waals surface area contributed by atoms with Crippen molar-refractivity contribution in [1.82, 2.24) is 9.80 Å². The molecule has 15 heteroatoms. The van der Waals surface area contributed by atoms with Crippen LogP contribution in [0.4, 0.5) is 4.79 Å². The second-order valence-corrected chi connectivity index (χ2v) is 18.8. The molecule has 0 spiro atoms. The average Bonchev–Trinajstić information content (AvgIpc) is 4.09. The second-order valence-electron chi connectivity index (χ2n) is 18.8. The summed E-state index contributed by atoms with van der Waals surface area (Å²) in [5.41, 5.74) is 4.41. The molecule has 2 N–H and O–H groups in total. The molecule has 1 unspecified atom stereocenters. The van der Waals surface area contributed by atoms with Gasteiger partial charge >= 0.3 is 6.09 Å². The lowest BCUT2D eigenvalue weighted by atomic mass is 9.55. The summed E-state index contributed by atoms with van der Waals surface area (Å²) in [6, 6.07) is 20.8. The van der Waals surface area contributed by atoms with Crippen molar-refractivity contribution in [3.63, 3.8) is 0 Å². The highest BCUT2D eigenvalue weighted by Crippen LogP contribution is 2.62. The van der Waals surface area contributed by atoms with Gasteiger partial charge in [-0.1, -0.05) is 66.5 Å². The van der Waals surface area contributed by atoms with Gasteiger partial charge in [0, 0.05) is 63.7 Å². The molecule has 15 nitrogen and oxygen atoms in total. The van der Waals surface area contributed by atoms with E-state index in [9.17, 15) is 10.2 Å². The van der Waals surface area contributed by atoms with Crippen LogP contribution in [0.2, 0.25) is 0 Å². The number of benzene rings is 3. The minimum atomic E-state index is -1.50. The van der Waals surface area contributed by atoms with Crippen LogP contribution in [-0.4, -0.2) is 123 Å². The number of oxime groups is 1. The molecular weight excluding hydrogens is 883 g/mol. The molecule has 1 saturated carbocycles. The van der Waals surface area contributed by atoms with Crippen LogP contribution < -0.4 is 18.9 Å². The van der Waals surface area contributed by atoms with Crippen LogP contribution in [0.1, 0.15) is 86.8 Å². The van der Waals surface area contributed by atoms with Crippen LogP contribution in [-0.2, 0) is 36.9 Å². The molecule has 3 aromatic rings. The van der Waals surface area contributed by atoms with E-state index >= 15 is 4.79 Å². The predicted molar refractivity (Wildman–Crippen MR) is 257 cm³/mol. The van der Waals surface area contributed by atoms with Crippen molar-refractivity contribution in [3.8, 4) is 23.0 Å². The third-order valence-corrected chi connectivity index (χ3v) is 14.2. The molecular formula is C54H69N3O12. The number of aliphatic hydroxyl groups is 2. The molecule has 69 heavy (non-hydrogen) atoms. The third-order valence-electron chi connectivity index (χ3n) is 14.2. The van der Waals surface area contributed by atoms with Gasteiger partial charge in [0.05, 0.1) is 38.1 Å². The Morgan fingerprint density at radius 2 is 1.74 bits per heavy atom. The fourth-order valence-electron chi connectivity index (χ4n) is 10.8. The zero-order valence-electron chi connectivity index (χ0n) is 39.8. The van der Waals surface area contributed by atoms with Crippen molar-refractivity contribution in [3.05, 3.63) is 108 Å². The van der Waals surface area contributed by atoms with Crippen molar-refractivity contribution >= 4 is 11.8 Å². The molecule has 372 valence electrons. The van der Waals surface area contributed by atoms with E-state index in [0.29, 0.717) is 62.0 Å². The maximum Gasteiger partial charge on any atom is 0.410 e. The first kappa shape index (κ1) is 48.8. The van der Waals surface area contributed by atoms with Crippen LogP contribution in [0, 0.1) is 17.8 Å². The number of ether oxygens (including phenoxy) is 8. The summed E-state index contributed by atoms with van der Waals surface area (Å²) >= 11 is 0. The Bertz CT molecular complexity index is 2230. The molecule has 9 rings (SSSR count). The van der Waals surface area contributed by atoms with Gasteiger partial charge in [0.2, 0.25) is 18.9 Å². The number of nitrogens with zero attached hydrogens (tertiary/aromatic N) is 3. The fourth-order valence-corrected chi connectivity index (χ4v) is 10.8. The molecule has 7 atom stereocenters. The molecule has 0 bridgehead atoms. The Morgan fingerprint density at radius 1 is 0.913 bits per heavy atom. The summed E-state index contributed by atoms with van der Waals surface area (Å²) in [5.74, 6) is 0.497. The van der Waals surface area contributed by atoms with Gasteiger partial charge in [0.1, 0.15) is 30.8 Å². The van der Waals surface area contributed by atoms with Crippen LogP contribution in [0.5, 0.6) is 23.0 Å². The van der Waals surface area contributed by atoms with E-state index in [1.54, 1.807) is 11.0 Å². The van der Waals surface area contributed by atoms with E-state index < -0.39 is 30.1 Å². The molecule has 0 aromatic heterocycles. The maximum atomic E-state index is 15.1. The van der Waals surface area contributed by atoms with E-state index in [4.69, 9.17) is 47.9 Å². The first-order valence-electron chi connectivity index (χ1n) is 25.1. The van der Waals surface area contributed by atoms with Gasteiger partial charge in [0.15, 0.2) is 11.5 Å². The third kappa shape index (κ3) is 11.7. The molecule has 4 heterocycles. The topological polar surface area (TPSA) is 159 Å². The van der Waals surface area contributed by atoms with Gasteiger partial charge in [-0.2, -0.15) is 0 Å². The van der Waals surface area contributed by atoms with Gasteiger partial charge in [-0.15, -0.1) is 6.58 Å². The summed E-state index contributed by atoms with van der Waals surface area (Å²) in [6.07, 6.45) is 10.4. The first-order chi connectivity index (χ1) is 34.0. The minimum absolute atomic E-state index is 0.00347. The van der Waals surface area contributed by atoms with Gasteiger partial charge in [-0.05, 0) is 97.4 Å². The summed E-state index contributed by atoms with van der Waals surface area (Å²) < 4.78 is 50.9. The van der Waals surface area contributed by atoms with Gasteiger partial charge in [-0.25, -0.2) is 4.79 Å². The average molecular weight is 952 g/mol. The second kappa shape index (κ2) is 23.6. The van der Waals surface area contributed by atoms with E-state index in [0.717, 1.165) is 86.2 Å². The summed E-state index contributed by atoms with van der Waals surface area (Å²) in [7, 11) is 0. The molecule has 6 aliphatic rings. The Morgan fingerprint density at radius 3 is 2.54 bits per heavy atom. The molecule has 2 aliphatic carbocycles. The van der Waals surface area contributed by atoms with Crippen molar-refractivity contribution < 1.29 is 57.7 Å². The molecule has 1 amide bonds. The van der Waals surface area contributed by atoms with Crippen LogP contribution in [0.3, 0.4) is 0 Å². The number of amides is 1. The van der Waals surface area contributed by atoms with Crippen molar-refractivity contribution in [2.75, 3.05) is 72.7 Å². The first-order valence-corrected chi connectivity index (χ1v) is 25.1. The van der Waals surface area contributed by atoms with E-state index in [1.165, 1.54) is 0 Å². The molecule has 2 saturated heterocycles.